The highest BCUT2D eigenvalue weighted by Gasteiger charge is 2.22. The zero-order chi connectivity index (χ0) is 18.5. The van der Waals surface area contributed by atoms with Gasteiger partial charge in [0.2, 0.25) is 5.91 Å². The van der Waals surface area contributed by atoms with E-state index in [1.54, 1.807) is 18.3 Å². The van der Waals surface area contributed by atoms with Gasteiger partial charge in [0.15, 0.2) is 11.0 Å². The lowest BCUT2D eigenvalue weighted by atomic mass is 9.96. The molecule has 9 heteroatoms. The Morgan fingerprint density at radius 2 is 2.08 bits per heavy atom. The van der Waals surface area contributed by atoms with E-state index >= 15 is 0 Å². The largest absolute Gasteiger partial charge is 0.335 e. The number of nitrogens with one attached hydrogen (secondary N) is 2. The molecule has 7 nitrogen and oxygen atoms in total. The molecule has 2 N–H and O–H groups in total. The van der Waals surface area contributed by atoms with Gasteiger partial charge in [0.1, 0.15) is 0 Å². The molecule has 0 bridgehead atoms. The molecular formula is C17H23N5O2S2. The number of rotatable bonds is 5. The molecule has 1 saturated carbocycles. The van der Waals surface area contributed by atoms with Crippen LogP contribution in [0.25, 0.3) is 10.7 Å². The quantitative estimate of drug-likeness (QED) is 0.762. The molecule has 3 rings (SSSR count). The monoisotopic (exact) mass is 393 g/mol. The second-order valence-electron chi connectivity index (χ2n) is 6.40. The van der Waals surface area contributed by atoms with Crippen LogP contribution < -0.4 is 10.6 Å². The molecule has 0 aliphatic heterocycles. The normalized spacial score (nSPS) is 16.2. The number of urea groups is 1. The fourth-order valence-electron chi connectivity index (χ4n) is 2.93. The second-order valence-corrected chi connectivity index (χ2v) is 8.66. The van der Waals surface area contributed by atoms with Gasteiger partial charge in [0.25, 0.3) is 0 Å². The van der Waals surface area contributed by atoms with Gasteiger partial charge in [0.05, 0.1) is 10.1 Å². The van der Waals surface area contributed by atoms with E-state index in [1.807, 2.05) is 29.1 Å². The van der Waals surface area contributed by atoms with Crippen molar-refractivity contribution in [2.75, 3.05) is 0 Å². The summed E-state index contributed by atoms with van der Waals surface area (Å²) >= 11 is 2.88. The van der Waals surface area contributed by atoms with Gasteiger partial charge in [-0.3, -0.25) is 10.1 Å². The zero-order valence-electron chi connectivity index (χ0n) is 14.9. The van der Waals surface area contributed by atoms with Gasteiger partial charge in [0, 0.05) is 13.1 Å². The number of aromatic nitrogens is 3. The average molecular weight is 394 g/mol. The molecule has 140 valence electrons. The predicted molar refractivity (Wildman–Crippen MR) is 103 cm³/mol. The first-order chi connectivity index (χ1) is 12.5. The van der Waals surface area contributed by atoms with Gasteiger partial charge in [-0.15, -0.1) is 21.5 Å². The van der Waals surface area contributed by atoms with Crippen molar-refractivity contribution in [2.45, 2.75) is 55.5 Å². The summed E-state index contributed by atoms with van der Waals surface area (Å²) in [5.74, 6) is 0.439. The molecule has 0 saturated heterocycles. The van der Waals surface area contributed by atoms with E-state index in [2.05, 4.69) is 20.8 Å². The average Bonchev–Trinajstić information content (AvgIpc) is 3.26. The Morgan fingerprint density at radius 1 is 1.31 bits per heavy atom. The number of hydrogen-bond acceptors (Lipinski definition) is 6. The highest BCUT2D eigenvalue weighted by atomic mass is 32.2. The molecule has 26 heavy (non-hydrogen) atoms. The Morgan fingerprint density at radius 3 is 2.77 bits per heavy atom. The van der Waals surface area contributed by atoms with E-state index < -0.39 is 11.3 Å². The number of thioether (sulfide) groups is 1. The summed E-state index contributed by atoms with van der Waals surface area (Å²) in [5, 5.41) is 15.9. The summed E-state index contributed by atoms with van der Waals surface area (Å²) in [6, 6.07) is 3.70. The second kappa shape index (κ2) is 8.68. The highest BCUT2D eigenvalue weighted by molar-refractivity contribution is 8.00. The number of amides is 3. The summed E-state index contributed by atoms with van der Waals surface area (Å²) in [6.45, 7) is 1.76. The van der Waals surface area contributed by atoms with Crippen molar-refractivity contribution >= 4 is 35.0 Å². The van der Waals surface area contributed by atoms with E-state index in [1.165, 1.54) is 18.2 Å². The predicted octanol–water partition coefficient (Wildman–Crippen LogP) is 3.18. The number of carbonyl (C=O) groups excluding carboxylic acids is 2. The van der Waals surface area contributed by atoms with Crippen LogP contribution in [0.1, 0.15) is 39.0 Å². The number of imide groups is 1. The van der Waals surface area contributed by atoms with Crippen LogP contribution in [0.5, 0.6) is 0 Å². The summed E-state index contributed by atoms with van der Waals surface area (Å²) in [5.41, 5.74) is 0. The summed E-state index contributed by atoms with van der Waals surface area (Å²) in [4.78, 5) is 25.3. The first-order valence-corrected chi connectivity index (χ1v) is 10.5. The highest BCUT2D eigenvalue weighted by Crippen LogP contribution is 2.28. The van der Waals surface area contributed by atoms with Crippen LogP contribution in [0, 0.1) is 0 Å². The van der Waals surface area contributed by atoms with Crippen molar-refractivity contribution in [3.63, 3.8) is 0 Å². The van der Waals surface area contributed by atoms with E-state index in [9.17, 15) is 9.59 Å². The standard InChI is InChI=1S/C17H23N5O2S2/c1-11(15(23)19-16(24)18-12-7-4-3-5-8-12)26-17-21-20-14(22(17)2)13-9-6-10-25-13/h6,9-12H,3-5,7-8H2,1-2H3,(H2,18,19,23,24). The molecule has 1 atom stereocenters. The van der Waals surface area contributed by atoms with Crippen LogP contribution in [0.15, 0.2) is 22.7 Å². The minimum absolute atomic E-state index is 0.173. The lowest BCUT2D eigenvalue weighted by Crippen LogP contribution is -2.47. The number of carbonyl (C=O) groups is 2. The fraction of sp³-hybridized carbons (Fsp3) is 0.529. The minimum atomic E-state index is -0.453. The molecule has 1 aliphatic rings. The van der Waals surface area contributed by atoms with E-state index in [0.717, 1.165) is 36.4 Å². The van der Waals surface area contributed by atoms with E-state index in [0.29, 0.717) is 5.16 Å². The number of thiophene rings is 1. The molecular weight excluding hydrogens is 370 g/mol. The van der Waals surface area contributed by atoms with Gasteiger partial charge >= 0.3 is 6.03 Å². The first kappa shape index (κ1) is 18.9. The molecule has 0 aromatic carbocycles. The molecule has 1 unspecified atom stereocenters. The van der Waals surface area contributed by atoms with Crippen molar-refractivity contribution in [3.05, 3.63) is 17.5 Å². The van der Waals surface area contributed by atoms with Crippen molar-refractivity contribution in [1.29, 1.82) is 0 Å². The molecule has 2 aromatic rings. The molecule has 0 radical (unpaired) electrons. The topological polar surface area (TPSA) is 88.9 Å². The Kier molecular flexibility index (Phi) is 6.31. The third-order valence-electron chi connectivity index (χ3n) is 4.40. The van der Waals surface area contributed by atoms with Crippen molar-refractivity contribution in [2.24, 2.45) is 7.05 Å². The molecule has 1 aliphatic carbocycles. The van der Waals surface area contributed by atoms with Crippen LogP contribution in [-0.2, 0) is 11.8 Å². The first-order valence-electron chi connectivity index (χ1n) is 8.76. The van der Waals surface area contributed by atoms with E-state index in [4.69, 9.17) is 0 Å². The van der Waals surface area contributed by atoms with E-state index in [-0.39, 0.29) is 11.9 Å². The van der Waals surface area contributed by atoms with Gasteiger partial charge in [-0.05, 0) is 31.2 Å². The summed E-state index contributed by atoms with van der Waals surface area (Å²) < 4.78 is 1.86. The summed E-state index contributed by atoms with van der Waals surface area (Å²) in [7, 11) is 1.87. The lowest BCUT2D eigenvalue weighted by Gasteiger charge is -2.23. The third-order valence-corrected chi connectivity index (χ3v) is 6.40. The summed E-state index contributed by atoms with van der Waals surface area (Å²) in [6.07, 6.45) is 5.44. The SMILES string of the molecule is CC(Sc1nnc(-c2cccs2)n1C)C(=O)NC(=O)NC1CCCCC1. The molecule has 3 amide bonds. The van der Waals surface area contributed by atoms with Crippen LogP contribution >= 0.6 is 23.1 Å². The van der Waals surface area contributed by atoms with Crippen LogP contribution in [-0.4, -0.2) is 38.0 Å². The smallest absolute Gasteiger partial charge is 0.321 e. The van der Waals surface area contributed by atoms with Crippen molar-refractivity contribution in [1.82, 2.24) is 25.4 Å². The molecule has 2 aromatic heterocycles. The minimum Gasteiger partial charge on any atom is -0.335 e. The Bertz CT molecular complexity index is 753. The van der Waals surface area contributed by atoms with Gasteiger partial charge < -0.3 is 9.88 Å². The Labute approximate surface area is 161 Å². The van der Waals surface area contributed by atoms with Crippen molar-refractivity contribution < 1.29 is 9.59 Å². The zero-order valence-corrected chi connectivity index (χ0v) is 16.5. The Balaban J connectivity index is 1.53. The molecule has 1 fully saturated rings. The maximum Gasteiger partial charge on any atom is 0.321 e. The van der Waals surface area contributed by atoms with Crippen molar-refractivity contribution in [3.8, 4) is 10.7 Å². The number of hydrogen-bond donors (Lipinski definition) is 2. The third kappa shape index (κ3) is 4.64. The van der Waals surface area contributed by atoms with Crippen LogP contribution in [0.3, 0.4) is 0 Å². The lowest BCUT2D eigenvalue weighted by molar-refractivity contribution is -0.119. The van der Waals surface area contributed by atoms with Gasteiger partial charge in [-0.1, -0.05) is 37.1 Å². The van der Waals surface area contributed by atoms with Gasteiger partial charge in [-0.2, -0.15) is 0 Å². The van der Waals surface area contributed by atoms with Crippen LogP contribution in [0.4, 0.5) is 4.79 Å². The molecule has 2 heterocycles. The fourth-order valence-corrected chi connectivity index (χ4v) is 4.49. The maximum absolute atomic E-state index is 12.3. The maximum atomic E-state index is 12.3. The number of nitrogens with zero attached hydrogens (tertiary/aromatic N) is 3. The van der Waals surface area contributed by atoms with Crippen LogP contribution in [0.2, 0.25) is 0 Å². The molecule has 0 spiro atoms. The van der Waals surface area contributed by atoms with Gasteiger partial charge in [-0.25, -0.2) is 4.79 Å². The Hall–Kier alpha value is -1.87.